The first kappa shape index (κ1) is 24.1. The summed E-state index contributed by atoms with van der Waals surface area (Å²) in [6.45, 7) is 2.23. The quantitative estimate of drug-likeness (QED) is 0.374. The normalized spacial score (nSPS) is 11.3. The van der Waals surface area contributed by atoms with Crippen molar-refractivity contribution in [3.63, 3.8) is 0 Å². The molecule has 3 heterocycles. The predicted molar refractivity (Wildman–Crippen MR) is 113 cm³/mol. The van der Waals surface area contributed by atoms with Crippen LogP contribution in [0, 0.1) is 0 Å². The van der Waals surface area contributed by atoms with Crippen LogP contribution >= 0.6 is 22.7 Å². The van der Waals surface area contributed by atoms with Gasteiger partial charge in [0.15, 0.2) is 11.4 Å². The van der Waals surface area contributed by atoms with Gasteiger partial charge in [-0.3, -0.25) is 5.32 Å². The Bertz CT molecular complexity index is 1190. The number of alkyl halides is 3. The molecule has 0 aliphatic carbocycles. The summed E-state index contributed by atoms with van der Waals surface area (Å²) in [5, 5.41) is 24.1. The van der Waals surface area contributed by atoms with Gasteiger partial charge in [-0.2, -0.15) is 13.2 Å². The summed E-state index contributed by atoms with van der Waals surface area (Å²) in [7, 11) is 0. The Labute approximate surface area is 191 Å². The third kappa shape index (κ3) is 5.43. The number of halogens is 3. The van der Waals surface area contributed by atoms with Crippen LogP contribution < -0.4 is 10.6 Å². The fraction of sp³-hybridized carbons (Fsp3) is 0.222. The number of carbonyl (C=O) groups excluding carboxylic acids is 1. The Hall–Kier alpha value is -3.59. The van der Waals surface area contributed by atoms with Crippen LogP contribution in [0.4, 0.5) is 23.8 Å². The number of nitrogens with zero attached hydrogens (tertiary/aromatic N) is 3. The van der Waals surface area contributed by atoms with E-state index in [1.54, 1.807) is 0 Å². The zero-order chi connectivity index (χ0) is 24.3. The summed E-state index contributed by atoms with van der Waals surface area (Å²) in [5.41, 5.74) is -1.75. The molecule has 0 radical (unpaired) electrons. The average molecular weight is 501 g/mol. The third-order valence-corrected chi connectivity index (χ3v) is 5.91. The first-order valence-electron chi connectivity index (χ1n) is 9.07. The molecule has 0 spiro atoms. The molecular formula is C18H14F3N5O5S2. The molecule has 15 heteroatoms. The molecule has 0 aliphatic rings. The number of anilines is 1. The fourth-order valence-electron chi connectivity index (χ4n) is 2.52. The van der Waals surface area contributed by atoms with E-state index in [0.717, 1.165) is 11.6 Å². The van der Waals surface area contributed by atoms with E-state index >= 15 is 0 Å². The maximum absolute atomic E-state index is 13.1. The number of amides is 2. The lowest BCUT2D eigenvalue weighted by molar-refractivity contribution is -0.140. The van der Waals surface area contributed by atoms with Gasteiger partial charge in [0.05, 0.1) is 0 Å². The van der Waals surface area contributed by atoms with Crippen LogP contribution in [0.5, 0.6) is 0 Å². The van der Waals surface area contributed by atoms with Gasteiger partial charge in [-0.25, -0.2) is 29.3 Å². The molecule has 2 amide bonds. The summed E-state index contributed by atoms with van der Waals surface area (Å²) in [5.74, 6) is -3.12. The lowest BCUT2D eigenvalue weighted by Crippen LogP contribution is -2.29. The van der Waals surface area contributed by atoms with Gasteiger partial charge in [0.2, 0.25) is 0 Å². The fourth-order valence-corrected chi connectivity index (χ4v) is 4.30. The molecule has 0 atom stereocenters. The molecule has 0 saturated carbocycles. The van der Waals surface area contributed by atoms with Gasteiger partial charge in [0, 0.05) is 29.2 Å². The second-order valence-corrected chi connectivity index (χ2v) is 8.20. The van der Waals surface area contributed by atoms with Crippen molar-refractivity contribution in [2.75, 3.05) is 11.9 Å². The van der Waals surface area contributed by atoms with Gasteiger partial charge in [-0.05, 0) is 12.5 Å². The van der Waals surface area contributed by atoms with E-state index in [4.69, 9.17) is 0 Å². The molecule has 33 heavy (non-hydrogen) atoms. The van der Waals surface area contributed by atoms with Gasteiger partial charge < -0.3 is 15.5 Å². The number of thiazole rings is 2. The minimum atomic E-state index is -4.70. The summed E-state index contributed by atoms with van der Waals surface area (Å²) in [6.07, 6.45) is -2.88. The number of hydrogen-bond acceptors (Lipinski definition) is 8. The molecule has 0 unspecified atom stereocenters. The van der Waals surface area contributed by atoms with Crippen molar-refractivity contribution >= 4 is 46.5 Å². The molecule has 0 bridgehead atoms. The largest absolute Gasteiger partial charge is 0.477 e. The van der Waals surface area contributed by atoms with Crippen LogP contribution in [0.3, 0.4) is 0 Å². The van der Waals surface area contributed by atoms with Gasteiger partial charge >= 0.3 is 24.1 Å². The molecule has 0 fully saturated rings. The van der Waals surface area contributed by atoms with E-state index in [9.17, 15) is 37.8 Å². The lowest BCUT2D eigenvalue weighted by Gasteiger charge is -2.10. The Morgan fingerprint density at radius 2 is 1.82 bits per heavy atom. The standard InChI is InChI=1S/C18H14F3N5O5S2/c1-2-3-22-17(31)25-10-4-7(13-24-9(6-32-13)18(19,20)21)8(5-23-10)14-26-11(15(27)28)12(33-14)16(29)30/h4-6H,2-3H2,1H3,(H,27,28)(H,29,30)(H2,22,23,25,31). The van der Waals surface area contributed by atoms with Crippen molar-refractivity contribution < 1.29 is 37.8 Å². The lowest BCUT2D eigenvalue weighted by atomic mass is 10.1. The van der Waals surface area contributed by atoms with Crippen molar-refractivity contribution in [3.8, 4) is 21.1 Å². The molecule has 10 nitrogen and oxygen atoms in total. The molecule has 0 saturated heterocycles. The maximum Gasteiger partial charge on any atom is 0.434 e. The van der Waals surface area contributed by atoms with Crippen molar-refractivity contribution in [2.24, 2.45) is 0 Å². The summed E-state index contributed by atoms with van der Waals surface area (Å²) < 4.78 is 39.2. The summed E-state index contributed by atoms with van der Waals surface area (Å²) in [6, 6.07) is 0.663. The molecule has 3 aromatic heterocycles. The number of aromatic nitrogens is 3. The second-order valence-electron chi connectivity index (χ2n) is 6.34. The number of pyridine rings is 1. The topological polar surface area (TPSA) is 154 Å². The molecular weight excluding hydrogens is 487 g/mol. The molecule has 3 aromatic rings. The molecule has 3 rings (SSSR count). The van der Waals surface area contributed by atoms with Gasteiger partial charge in [-0.1, -0.05) is 6.92 Å². The maximum atomic E-state index is 13.1. The Kier molecular flexibility index (Phi) is 6.92. The van der Waals surface area contributed by atoms with Gasteiger partial charge in [0.25, 0.3) is 0 Å². The first-order valence-corrected chi connectivity index (χ1v) is 10.8. The summed E-state index contributed by atoms with van der Waals surface area (Å²) >= 11 is 1.18. The highest BCUT2D eigenvalue weighted by Gasteiger charge is 2.34. The zero-order valence-corrected chi connectivity index (χ0v) is 18.2. The molecule has 0 aliphatic heterocycles. The van der Waals surface area contributed by atoms with Gasteiger partial charge in [0.1, 0.15) is 20.7 Å². The predicted octanol–water partition coefficient (Wildman–Crippen LogP) is 4.28. The number of nitrogens with one attached hydrogen (secondary N) is 2. The number of urea groups is 1. The molecule has 0 aromatic carbocycles. The van der Waals surface area contributed by atoms with Crippen LogP contribution in [0.1, 0.15) is 39.2 Å². The Morgan fingerprint density at radius 3 is 2.36 bits per heavy atom. The van der Waals surface area contributed by atoms with E-state index in [1.807, 2.05) is 6.92 Å². The van der Waals surface area contributed by atoms with E-state index in [2.05, 4.69) is 25.6 Å². The van der Waals surface area contributed by atoms with Crippen molar-refractivity contribution in [1.29, 1.82) is 0 Å². The highest BCUT2D eigenvalue weighted by Crippen LogP contribution is 2.40. The zero-order valence-electron chi connectivity index (χ0n) is 16.6. The second kappa shape index (κ2) is 9.50. The number of aromatic carboxylic acids is 2. The molecule has 174 valence electrons. The number of carboxylic acids is 2. The van der Waals surface area contributed by atoms with Crippen molar-refractivity contribution in [2.45, 2.75) is 19.5 Å². The SMILES string of the molecule is CCCNC(=O)Nc1cc(-c2nc(C(F)(F)F)cs2)c(-c2nc(C(=O)O)c(C(=O)O)s2)cn1. The van der Waals surface area contributed by atoms with E-state index in [-0.39, 0.29) is 27.0 Å². The number of carbonyl (C=O) groups is 3. The molecule has 4 N–H and O–H groups in total. The summed E-state index contributed by atoms with van der Waals surface area (Å²) in [4.78, 5) is 45.6. The Morgan fingerprint density at radius 1 is 1.09 bits per heavy atom. The minimum absolute atomic E-state index is 0.0143. The highest BCUT2D eigenvalue weighted by atomic mass is 32.1. The van der Waals surface area contributed by atoms with Crippen LogP contribution in [-0.4, -0.2) is 49.7 Å². The number of hydrogen-bond donors (Lipinski definition) is 4. The average Bonchev–Trinajstić information content (AvgIpc) is 3.40. The number of carboxylic acid groups (broad SMARTS) is 2. The van der Waals surface area contributed by atoms with Crippen LogP contribution in [-0.2, 0) is 6.18 Å². The van der Waals surface area contributed by atoms with Crippen LogP contribution in [0.25, 0.3) is 21.1 Å². The minimum Gasteiger partial charge on any atom is -0.477 e. The van der Waals surface area contributed by atoms with Crippen LogP contribution in [0.15, 0.2) is 17.6 Å². The van der Waals surface area contributed by atoms with Gasteiger partial charge in [-0.15, -0.1) is 22.7 Å². The van der Waals surface area contributed by atoms with E-state index in [0.29, 0.717) is 35.6 Å². The van der Waals surface area contributed by atoms with E-state index < -0.39 is 40.4 Å². The number of rotatable bonds is 7. The monoisotopic (exact) mass is 501 g/mol. The highest BCUT2D eigenvalue weighted by molar-refractivity contribution is 7.17. The van der Waals surface area contributed by atoms with Crippen molar-refractivity contribution in [1.82, 2.24) is 20.3 Å². The van der Waals surface area contributed by atoms with Crippen molar-refractivity contribution in [3.05, 3.63) is 33.9 Å². The first-order chi connectivity index (χ1) is 15.5. The Balaban J connectivity index is 2.13. The van der Waals surface area contributed by atoms with E-state index in [1.165, 1.54) is 6.07 Å². The smallest absolute Gasteiger partial charge is 0.434 e. The van der Waals surface area contributed by atoms with Crippen LogP contribution in [0.2, 0.25) is 0 Å². The third-order valence-electron chi connectivity index (χ3n) is 3.96.